The van der Waals surface area contributed by atoms with E-state index in [4.69, 9.17) is 18.9 Å². The maximum Gasteiger partial charge on any atom is 0.318 e. The van der Waals surface area contributed by atoms with Gasteiger partial charge in [0.25, 0.3) is 0 Å². The van der Waals surface area contributed by atoms with Gasteiger partial charge in [0.05, 0.1) is 14.2 Å². The topological polar surface area (TPSA) is 98.4 Å². The van der Waals surface area contributed by atoms with Gasteiger partial charge in [-0.2, -0.15) is 0 Å². The lowest BCUT2D eigenvalue weighted by molar-refractivity contribution is -0.118. The van der Waals surface area contributed by atoms with Crippen molar-refractivity contribution >= 4 is 17.6 Å². The summed E-state index contributed by atoms with van der Waals surface area (Å²) in [6.07, 6.45) is 1.21. The molecule has 0 radical (unpaired) electrons. The maximum atomic E-state index is 13.1. The van der Waals surface area contributed by atoms with Gasteiger partial charge in [-0.05, 0) is 54.2 Å². The molecule has 4 rings (SSSR count). The van der Waals surface area contributed by atoms with Crippen molar-refractivity contribution in [3.8, 4) is 23.0 Å². The number of ether oxygens (including phenoxy) is 4. The zero-order chi connectivity index (χ0) is 24.2. The van der Waals surface area contributed by atoms with Crippen LogP contribution in [0.2, 0.25) is 0 Å². The van der Waals surface area contributed by atoms with Crippen LogP contribution in [0.1, 0.15) is 31.4 Å². The lowest BCUT2D eigenvalue weighted by atomic mass is 9.99. The first-order chi connectivity index (χ1) is 16.4. The molecule has 3 amide bonds. The highest BCUT2D eigenvalue weighted by Gasteiger charge is 2.28. The number of nitrogens with zero attached hydrogens (tertiary/aromatic N) is 1. The number of benzene rings is 2. The molecular formula is C25H31N3O6. The van der Waals surface area contributed by atoms with E-state index < -0.39 is 6.04 Å². The Morgan fingerprint density at radius 1 is 1.03 bits per heavy atom. The van der Waals surface area contributed by atoms with Crippen LogP contribution in [0.15, 0.2) is 30.3 Å². The molecule has 2 aliphatic rings. The van der Waals surface area contributed by atoms with Gasteiger partial charge in [0.15, 0.2) is 23.0 Å². The SMILES string of the molecule is COc1cc2c(cc1OC)CN(C(=O)NC(CC(C)C)C(=O)Nc1ccc3c(c1)OCO3)CC2. The molecule has 2 aliphatic heterocycles. The van der Waals surface area contributed by atoms with Gasteiger partial charge in [0.2, 0.25) is 12.7 Å². The average molecular weight is 470 g/mol. The Bertz CT molecular complexity index is 1070. The standard InChI is InChI=1S/C25H31N3O6/c1-15(2)9-19(24(29)26-18-5-6-20-23(12-18)34-14-33-20)27-25(30)28-8-7-16-10-21(31-3)22(32-4)11-17(16)13-28/h5-6,10-12,15,19H,7-9,13-14H2,1-4H3,(H,26,29)(H,27,30). The first kappa shape index (κ1) is 23.5. The molecule has 0 saturated heterocycles. The summed E-state index contributed by atoms with van der Waals surface area (Å²) in [6, 6.07) is 8.15. The fourth-order valence-corrected chi connectivity index (χ4v) is 4.20. The number of urea groups is 1. The zero-order valence-corrected chi connectivity index (χ0v) is 20.0. The van der Waals surface area contributed by atoms with Crippen LogP contribution < -0.4 is 29.6 Å². The van der Waals surface area contributed by atoms with Crippen molar-refractivity contribution in [2.75, 3.05) is 32.9 Å². The van der Waals surface area contributed by atoms with Crippen LogP contribution in [-0.4, -0.2) is 50.4 Å². The van der Waals surface area contributed by atoms with Crippen LogP contribution in [0.3, 0.4) is 0 Å². The molecule has 9 heteroatoms. The van der Waals surface area contributed by atoms with E-state index in [9.17, 15) is 9.59 Å². The normalized spacial score (nSPS) is 14.9. The predicted octanol–water partition coefficient (Wildman–Crippen LogP) is 3.55. The van der Waals surface area contributed by atoms with Gasteiger partial charge < -0.3 is 34.5 Å². The van der Waals surface area contributed by atoms with Crippen LogP contribution in [0.5, 0.6) is 23.0 Å². The molecule has 0 aromatic heterocycles. The molecule has 0 fully saturated rings. The maximum absolute atomic E-state index is 13.1. The van der Waals surface area contributed by atoms with E-state index in [-0.39, 0.29) is 24.6 Å². The summed E-state index contributed by atoms with van der Waals surface area (Å²) in [5, 5.41) is 5.83. The Labute approximate surface area is 199 Å². The second-order valence-corrected chi connectivity index (χ2v) is 8.84. The molecule has 9 nitrogen and oxygen atoms in total. The Kier molecular flexibility index (Phi) is 7.00. The van der Waals surface area contributed by atoms with E-state index in [0.717, 1.165) is 11.1 Å². The van der Waals surface area contributed by atoms with Crippen molar-refractivity contribution in [1.82, 2.24) is 10.2 Å². The summed E-state index contributed by atoms with van der Waals surface area (Å²) in [4.78, 5) is 27.9. The monoisotopic (exact) mass is 469 g/mol. The Morgan fingerprint density at radius 2 is 1.74 bits per heavy atom. The minimum Gasteiger partial charge on any atom is -0.493 e. The molecule has 2 aromatic rings. The van der Waals surface area contributed by atoms with Crippen molar-refractivity contribution in [3.05, 3.63) is 41.5 Å². The van der Waals surface area contributed by atoms with Gasteiger partial charge in [0.1, 0.15) is 6.04 Å². The van der Waals surface area contributed by atoms with E-state index in [1.54, 1.807) is 37.3 Å². The van der Waals surface area contributed by atoms with Gasteiger partial charge in [-0.1, -0.05) is 13.8 Å². The lowest BCUT2D eigenvalue weighted by Crippen LogP contribution is -2.51. The molecule has 0 bridgehead atoms. The summed E-state index contributed by atoms with van der Waals surface area (Å²) in [5.41, 5.74) is 2.72. The molecule has 1 unspecified atom stereocenters. The van der Waals surface area contributed by atoms with Crippen LogP contribution in [0.25, 0.3) is 0 Å². The Balaban J connectivity index is 1.44. The van der Waals surface area contributed by atoms with Crippen molar-refractivity contribution in [2.45, 2.75) is 39.3 Å². The number of amides is 3. The van der Waals surface area contributed by atoms with Crippen LogP contribution >= 0.6 is 0 Å². The zero-order valence-electron chi connectivity index (χ0n) is 20.0. The highest BCUT2D eigenvalue weighted by atomic mass is 16.7. The van der Waals surface area contributed by atoms with Gasteiger partial charge in [0, 0.05) is 24.8 Å². The van der Waals surface area contributed by atoms with Crippen LogP contribution in [0, 0.1) is 5.92 Å². The highest BCUT2D eigenvalue weighted by molar-refractivity contribution is 5.97. The molecule has 1 atom stereocenters. The molecule has 182 valence electrons. The number of hydrogen-bond acceptors (Lipinski definition) is 6. The number of methoxy groups -OCH3 is 2. The third-order valence-electron chi connectivity index (χ3n) is 5.97. The number of rotatable bonds is 7. The number of carbonyl (C=O) groups excluding carboxylic acids is 2. The van der Waals surface area contributed by atoms with E-state index in [1.165, 1.54) is 0 Å². The summed E-state index contributed by atoms with van der Waals surface area (Å²) >= 11 is 0. The Morgan fingerprint density at radius 3 is 2.44 bits per heavy atom. The second kappa shape index (κ2) is 10.1. The van der Waals surface area contributed by atoms with Crippen molar-refractivity contribution in [3.63, 3.8) is 0 Å². The summed E-state index contributed by atoms with van der Waals surface area (Å²) in [5.74, 6) is 2.47. The van der Waals surface area contributed by atoms with Gasteiger partial charge in [-0.15, -0.1) is 0 Å². The van der Waals surface area contributed by atoms with Crippen LogP contribution in [0.4, 0.5) is 10.5 Å². The first-order valence-electron chi connectivity index (χ1n) is 11.4. The number of anilines is 1. The third kappa shape index (κ3) is 5.13. The van der Waals surface area contributed by atoms with Crippen molar-refractivity contribution in [1.29, 1.82) is 0 Å². The average Bonchev–Trinajstić information content (AvgIpc) is 3.29. The fraction of sp³-hybridized carbons (Fsp3) is 0.440. The van der Waals surface area contributed by atoms with E-state index in [0.29, 0.717) is 54.6 Å². The van der Waals surface area contributed by atoms with Gasteiger partial charge >= 0.3 is 6.03 Å². The number of hydrogen-bond donors (Lipinski definition) is 2. The first-order valence-corrected chi connectivity index (χ1v) is 11.4. The van der Waals surface area contributed by atoms with E-state index >= 15 is 0 Å². The van der Waals surface area contributed by atoms with Gasteiger partial charge in [-0.25, -0.2) is 4.79 Å². The highest BCUT2D eigenvalue weighted by Crippen LogP contribution is 2.35. The number of nitrogens with one attached hydrogen (secondary N) is 2. The molecule has 0 aliphatic carbocycles. The van der Waals surface area contributed by atoms with E-state index in [2.05, 4.69) is 10.6 Å². The third-order valence-corrected chi connectivity index (χ3v) is 5.97. The van der Waals surface area contributed by atoms with Crippen molar-refractivity contribution < 1.29 is 28.5 Å². The molecule has 0 saturated carbocycles. The summed E-state index contributed by atoms with van der Waals surface area (Å²) in [6.45, 7) is 5.18. The molecule has 0 spiro atoms. The Hall–Kier alpha value is -3.62. The fourth-order valence-electron chi connectivity index (χ4n) is 4.20. The van der Waals surface area contributed by atoms with Crippen LogP contribution in [-0.2, 0) is 17.8 Å². The molecule has 2 aromatic carbocycles. The minimum absolute atomic E-state index is 0.163. The second-order valence-electron chi connectivity index (χ2n) is 8.84. The number of carbonyl (C=O) groups is 2. The summed E-state index contributed by atoms with van der Waals surface area (Å²) < 4.78 is 21.5. The quantitative estimate of drug-likeness (QED) is 0.644. The molecule has 2 N–H and O–H groups in total. The molecular weight excluding hydrogens is 438 g/mol. The molecule has 34 heavy (non-hydrogen) atoms. The largest absolute Gasteiger partial charge is 0.493 e. The lowest BCUT2D eigenvalue weighted by Gasteiger charge is -2.31. The van der Waals surface area contributed by atoms with Gasteiger partial charge in [-0.3, -0.25) is 4.79 Å². The summed E-state index contributed by atoms with van der Waals surface area (Å²) in [7, 11) is 3.20. The minimum atomic E-state index is -0.676. The smallest absolute Gasteiger partial charge is 0.318 e. The molecule has 2 heterocycles. The predicted molar refractivity (Wildman–Crippen MR) is 127 cm³/mol. The van der Waals surface area contributed by atoms with Crippen molar-refractivity contribution in [2.24, 2.45) is 5.92 Å². The van der Waals surface area contributed by atoms with E-state index in [1.807, 2.05) is 26.0 Å². The number of fused-ring (bicyclic) bond motifs is 2.